The van der Waals surface area contributed by atoms with Gasteiger partial charge in [-0.05, 0) is 77.9 Å². The summed E-state index contributed by atoms with van der Waals surface area (Å²) in [6.45, 7) is 1.82. The lowest BCUT2D eigenvalue weighted by molar-refractivity contribution is -0.115. The van der Waals surface area contributed by atoms with Gasteiger partial charge >= 0.3 is 0 Å². The third kappa shape index (κ3) is 8.61. The van der Waals surface area contributed by atoms with Crippen molar-refractivity contribution < 1.29 is 19.1 Å². The van der Waals surface area contributed by atoms with Crippen LogP contribution in [0.3, 0.4) is 0 Å². The molecule has 0 saturated heterocycles. The van der Waals surface area contributed by atoms with E-state index in [0.717, 1.165) is 26.9 Å². The molecule has 1 aromatic heterocycles. The summed E-state index contributed by atoms with van der Waals surface area (Å²) in [5, 5.41) is 12.9. The van der Waals surface area contributed by atoms with Crippen molar-refractivity contribution in [3.63, 3.8) is 0 Å². The smallest absolute Gasteiger partial charge is 0.272 e. The summed E-state index contributed by atoms with van der Waals surface area (Å²) < 4.78 is 5.32. The maximum absolute atomic E-state index is 13.6. The molecule has 3 N–H and O–H groups in total. The fraction of sp³-hybridized carbons (Fsp3) is 0.0769. The van der Waals surface area contributed by atoms with Gasteiger partial charge in [0, 0.05) is 27.1 Å². The number of hydrogen-bond donors (Lipinski definition) is 3. The quantitative estimate of drug-likeness (QED) is 0.0933. The van der Waals surface area contributed by atoms with Crippen molar-refractivity contribution in [3.05, 3.63) is 144 Å². The van der Waals surface area contributed by atoms with Crippen LogP contribution in [0.25, 0.3) is 28.1 Å². The Morgan fingerprint density at radius 2 is 1.59 bits per heavy atom. The number of hydrogen-bond acceptors (Lipinski definition) is 7. The Balaban J connectivity index is 1.12. The third-order valence-electron chi connectivity index (χ3n) is 7.49. The molecule has 0 spiro atoms. The van der Waals surface area contributed by atoms with Gasteiger partial charge in [0.1, 0.15) is 11.4 Å². The molecule has 0 bridgehead atoms. The van der Waals surface area contributed by atoms with E-state index < -0.39 is 17.1 Å². The van der Waals surface area contributed by atoms with Crippen LogP contribution in [-0.2, 0) is 9.59 Å². The molecule has 0 aliphatic rings. The molecule has 8 nitrogen and oxygen atoms in total. The largest absolute Gasteiger partial charge is 0.497 e. The molecule has 6 rings (SSSR count). The van der Waals surface area contributed by atoms with Crippen LogP contribution in [0.2, 0.25) is 0 Å². The van der Waals surface area contributed by atoms with Crippen LogP contribution < -0.4 is 20.7 Å². The summed E-state index contributed by atoms with van der Waals surface area (Å²) in [4.78, 5) is 45.1. The zero-order valence-electron chi connectivity index (χ0n) is 26.7. The molecule has 6 aromatic rings. The topological polar surface area (TPSA) is 109 Å². The summed E-state index contributed by atoms with van der Waals surface area (Å²) in [6.07, 6.45) is 1.59. The van der Waals surface area contributed by atoms with E-state index in [9.17, 15) is 14.4 Å². The molecular weight excluding hydrogens is 653 g/mol. The summed E-state index contributed by atoms with van der Waals surface area (Å²) in [5.74, 6) is -0.498. The first-order chi connectivity index (χ1) is 23.8. The highest BCUT2D eigenvalue weighted by Crippen LogP contribution is 2.30. The van der Waals surface area contributed by atoms with E-state index in [1.807, 2.05) is 48.7 Å². The van der Waals surface area contributed by atoms with Gasteiger partial charge in [0.2, 0.25) is 5.91 Å². The Morgan fingerprint density at radius 1 is 0.816 bits per heavy atom. The van der Waals surface area contributed by atoms with E-state index in [2.05, 4.69) is 45.2 Å². The predicted molar refractivity (Wildman–Crippen MR) is 199 cm³/mol. The van der Waals surface area contributed by atoms with Crippen molar-refractivity contribution in [3.8, 4) is 17.0 Å². The number of aromatic nitrogens is 1. The molecule has 1 heterocycles. The maximum atomic E-state index is 13.6. The molecule has 1 atom stereocenters. The number of nitrogens with zero attached hydrogens (tertiary/aromatic N) is 1. The Kier molecular flexibility index (Phi) is 10.5. The molecule has 0 aliphatic carbocycles. The maximum Gasteiger partial charge on any atom is 0.272 e. The van der Waals surface area contributed by atoms with Crippen LogP contribution in [0, 0.1) is 0 Å². The minimum atomic E-state index is -0.508. The number of methoxy groups -OCH3 is 1. The molecule has 0 saturated carbocycles. The lowest BCUT2D eigenvalue weighted by atomic mass is 10.1. The first-order valence-corrected chi connectivity index (χ1v) is 17.2. The van der Waals surface area contributed by atoms with E-state index in [0.29, 0.717) is 27.7 Å². The van der Waals surface area contributed by atoms with Crippen molar-refractivity contribution in [1.29, 1.82) is 0 Å². The molecule has 0 aliphatic heterocycles. The third-order valence-corrected chi connectivity index (χ3v) is 9.34. The lowest BCUT2D eigenvalue weighted by Crippen LogP contribution is -2.30. The van der Waals surface area contributed by atoms with Gasteiger partial charge in [-0.25, -0.2) is 4.98 Å². The highest BCUT2D eigenvalue weighted by atomic mass is 32.2. The van der Waals surface area contributed by atoms with Crippen LogP contribution in [0.1, 0.15) is 22.8 Å². The van der Waals surface area contributed by atoms with E-state index >= 15 is 0 Å². The SMILES string of the molecule is COc1cccc(/C=C(\NC(=O)c2ccccc2)C(=O)Nc2cccc(SC(C)C(=O)Nc3nc(-c4ccc5ccccc5c4)cs3)c2)c1. The molecule has 1 unspecified atom stereocenters. The Bertz CT molecular complexity index is 2160. The van der Waals surface area contributed by atoms with Gasteiger partial charge in [-0.1, -0.05) is 72.8 Å². The molecule has 0 radical (unpaired) electrons. The highest BCUT2D eigenvalue weighted by molar-refractivity contribution is 8.00. The van der Waals surface area contributed by atoms with E-state index in [-0.39, 0.29) is 11.6 Å². The van der Waals surface area contributed by atoms with Gasteiger partial charge in [-0.15, -0.1) is 23.1 Å². The first-order valence-electron chi connectivity index (χ1n) is 15.4. The summed E-state index contributed by atoms with van der Waals surface area (Å²) in [6, 6.07) is 37.4. The van der Waals surface area contributed by atoms with Crippen LogP contribution in [0.5, 0.6) is 5.75 Å². The van der Waals surface area contributed by atoms with Crippen LogP contribution in [0.15, 0.2) is 137 Å². The second kappa shape index (κ2) is 15.5. The number of anilines is 2. The average molecular weight is 685 g/mol. The van der Waals surface area contributed by atoms with Crippen LogP contribution in [-0.4, -0.2) is 35.1 Å². The summed E-state index contributed by atoms with van der Waals surface area (Å²) in [7, 11) is 1.56. The molecule has 10 heteroatoms. The fourth-order valence-corrected chi connectivity index (χ4v) is 6.61. The zero-order chi connectivity index (χ0) is 34.2. The second-order valence-corrected chi connectivity index (χ2v) is 13.3. The zero-order valence-corrected chi connectivity index (χ0v) is 28.3. The van der Waals surface area contributed by atoms with Crippen molar-refractivity contribution in [2.75, 3.05) is 17.7 Å². The number of carbonyl (C=O) groups excluding carboxylic acids is 3. The van der Waals surface area contributed by atoms with Crippen LogP contribution in [0.4, 0.5) is 10.8 Å². The lowest BCUT2D eigenvalue weighted by Gasteiger charge is -2.14. The molecule has 0 fully saturated rings. The molecule has 3 amide bonds. The number of rotatable bonds is 11. The Morgan fingerprint density at radius 3 is 2.41 bits per heavy atom. The predicted octanol–water partition coefficient (Wildman–Crippen LogP) is 8.50. The number of ether oxygens (including phenoxy) is 1. The number of nitrogens with one attached hydrogen (secondary N) is 3. The number of benzene rings is 5. The van der Waals surface area contributed by atoms with Gasteiger partial charge in [0.05, 0.1) is 18.1 Å². The second-order valence-electron chi connectivity index (χ2n) is 11.0. The average Bonchev–Trinajstić information content (AvgIpc) is 3.60. The van der Waals surface area contributed by atoms with E-state index in [1.165, 1.54) is 23.1 Å². The van der Waals surface area contributed by atoms with Gasteiger partial charge in [0.25, 0.3) is 11.8 Å². The Hall–Kier alpha value is -5.71. The van der Waals surface area contributed by atoms with Gasteiger partial charge in [-0.2, -0.15) is 0 Å². The van der Waals surface area contributed by atoms with Gasteiger partial charge in [-0.3, -0.25) is 14.4 Å². The normalized spacial score (nSPS) is 11.8. The minimum absolute atomic E-state index is 0.0550. The summed E-state index contributed by atoms with van der Waals surface area (Å²) in [5.41, 5.74) is 3.44. The number of fused-ring (bicyclic) bond motifs is 1. The van der Waals surface area contributed by atoms with Crippen molar-refractivity contribution in [1.82, 2.24) is 10.3 Å². The Labute approximate surface area is 292 Å². The van der Waals surface area contributed by atoms with E-state index in [4.69, 9.17) is 4.74 Å². The van der Waals surface area contributed by atoms with Gasteiger partial charge in [0.15, 0.2) is 5.13 Å². The number of amides is 3. The van der Waals surface area contributed by atoms with E-state index in [1.54, 1.807) is 73.8 Å². The molecular formula is C39H32N4O4S2. The fourth-order valence-electron chi connectivity index (χ4n) is 4.96. The molecule has 5 aromatic carbocycles. The summed E-state index contributed by atoms with van der Waals surface area (Å²) >= 11 is 2.73. The number of carbonyl (C=O) groups is 3. The first kappa shape index (κ1) is 33.2. The number of thioether (sulfide) groups is 1. The van der Waals surface area contributed by atoms with Gasteiger partial charge < -0.3 is 20.7 Å². The highest BCUT2D eigenvalue weighted by Gasteiger charge is 2.19. The minimum Gasteiger partial charge on any atom is -0.497 e. The number of thiazole rings is 1. The molecule has 244 valence electrons. The standard InChI is InChI=1S/C39H32N4O4S2/c1-25(36(44)43-39-42-35(24-48-39)30-19-18-27-11-6-7-14-29(27)22-30)49-33-17-9-15-31(23-33)40-38(46)34(21-26-10-8-16-32(20-26)47-2)41-37(45)28-12-4-3-5-13-28/h3-25H,1-2H3,(H,40,46)(H,41,45)(H,42,43,44)/b34-21-. The van der Waals surface area contributed by atoms with Crippen molar-refractivity contribution in [2.24, 2.45) is 0 Å². The molecule has 49 heavy (non-hydrogen) atoms. The van der Waals surface area contributed by atoms with Crippen molar-refractivity contribution in [2.45, 2.75) is 17.1 Å². The monoisotopic (exact) mass is 684 g/mol. The van der Waals surface area contributed by atoms with Crippen LogP contribution >= 0.6 is 23.1 Å². The van der Waals surface area contributed by atoms with Crippen molar-refractivity contribution >= 4 is 68.5 Å².